The van der Waals surface area contributed by atoms with Gasteiger partial charge in [0.05, 0.1) is 11.4 Å². The first-order chi connectivity index (χ1) is 16.2. The van der Waals surface area contributed by atoms with Crippen LogP contribution in [0.3, 0.4) is 0 Å². The highest BCUT2D eigenvalue weighted by Gasteiger charge is 2.29. The Labute approximate surface area is 197 Å². The van der Waals surface area contributed by atoms with Gasteiger partial charge in [0, 0.05) is 28.2 Å². The minimum atomic E-state index is -1.96. The van der Waals surface area contributed by atoms with Crippen LogP contribution in [0, 0.1) is 5.82 Å². The Kier molecular flexibility index (Phi) is 5.50. The van der Waals surface area contributed by atoms with E-state index in [9.17, 15) is 23.1 Å². The third-order valence-electron chi connectivity index (χ3n) is 6.27. The topological polar surface area (TPSA) is 106 Å². The van der Waals surface area contributed by atoms with E-state index in [-0.39, 0.29) is 17.4 Å². The highest BCUT2D eigenvalue weighted by atomic mass is 32.2. The van der Waals surface area contributed by atoms with Crippen molar-refractivity contribution in [2.24, 2.45) is 0 Å². The second-order valence-electron chi connectivity index (χ2n) is 8.84. The van der Waals surface area contributed by atoms with E-state index >= 15 is 0 Å². The molecule has 2 heterocycles. The first-order valence-electron chi connectivity index (χ1n) is 10.9. The van der Waals surface area contributed by atoms with E-state index in [4.69, 9.17) is 0 Å². The third kappa shape index (κ3) is 3.69. The number of carboxylic acid groups (broad SMARTS) is 1. The molecule has 0 saturated carbocycles. The molecule has 1 unspecified atom stereocenters. The summed E-state index contributed by atoms with van der Waals surface area (Å²) in [5, 5.41) is 10.9. The van der Waals surface area contributed by atoms with E-state index in [2.05, 4.69) is 9.97 Å². The fourth-order valence-electron chi connectivity index (χ4n) is 4.99. The van der Waals surface area contributed by atoms with Gasteiger partial charge in [0.25, 0.3) is 0 Å². The Bertz CT molecular complexity index is 1510. The van der Waals surface area contributed by atoms with Crippen molar-refractivity contribution in [2.75, 3.05) is 5.75 Å². The van der Waals surface area contributed by atoms with E-state index in [1.54, 1.807) is 6.20 Å². The zero-order valence-electron chi connectivity index (χ0n) is 18.6. The van der Waals surface area contributed by atoms with Gasteiger partial charge in [-0.2, -0.15) is 0 Å². The molecule has 2 aromatic heterocycles. The van der Waals surface area contributed by atoms with E-state index < -0.39 is 22.9 Å². The summed E-state index contributed by atoms with van der Waals surface area (Å²) in [6.07, 6.45) is 4.15. The maximum absolute atomic E-state index is 14.5. The van der Waals surface area contributed by atoms with Gasteiger partial charge in [-0.05, 0) is 52.8 Å². The molecule has 34 heavy (non-hydrogen) atoms. The molecule has 1 atom stereocenters. The van der Waals surface area contributed by atoms with Crippen molar-refractivity contribution in [3.05, 3.63) is 76.4 Å². The molecule has 1 aliphatic rings. The van der Waals surface area contributed by atoms with Gasteiger partial charge in [0.1, 0.15) is 11.5 Å². The molecule has 0 spiro atoms. The molecule has 0 amide bonds. The number of aromatic nitrogens is 2. The molecule has 6 nitrogen and oxygen atoms in total. The van der Waals surface area contributed by atoms with Crippen LogP contribution in [0.4, 0.5) is 4.39 Å². The largest absolute Gasteiger partial charge is 0.477 e. The number of aromatic amines is 2. The molecule has 0 bridgehead atoms. The normalized spacial score (nSPS) is 14.0. The summed E-state index contributed by atoms with van der Waals surface area (Å²) in [5.41, 5.74) is 6.56. The van der Waals surface area contributed by atoms with Crippen LogP contribution in [0.15, 0.2) is 48.2 Å². The quantitative estimate of drug-likeness (QED) is 0.257. The average Bonchev–Trinajstić information content (AvgIpc) is 3.47. The lowest BCUT2D eigenvalue weighted by atomic mass is 9.87. The fourth-order valence-corrected chi connectivity index (χ4v) is 5.49. The van der Waals surface area contributed by atoms with Crippen molar-refractivity contribution in [1.29, 1.82) is 0 Å². The van der Waals surface area contributed by atoms with Crippen LogP contribution in [0.1, 0.15) is 46.9 Å². The van der Waals surface area contributed by atoms with Crippen molar-refractivity contribution in [1.82, 2.24) is 9.97 Å². The second kappa shape index (κ2) is 8.38. The van der Waals surface area contributed by atoms with E-state index in [1.807, 2.05) is 44.2 Å². The molecule has 2 aromatic carbocycles. The van der Waals surface area contributed by atoms with Gasteiger partial charge in [-0.1, -0.05) is 43.7 Å². The Hall–Kier alpha value is -3.49. The van der Waals surface area contributed by atoms with Crippen LogP contribution in [0.2, 0.25) is 0 Å². The minimum Gasteiger partial charge on any atom is -0.477 e. The Morgan fingerprint density at radius 2 is 2.00 bits per heavy atom. The van der Waals surface area contributed by atoms with Crippen LogP contribution < -0.4 is 0 Å². The van der Waals surface area contributed by atoms with Crippen LogP contribution in [-0.4, -0.2) is 35.6 Å². The molecular weight excluding hydrogens is 455 g/mol. The Balaban J connectivity index is 1.81. The van der Waals surface area contributed by atoms with Crippen molar-refractivity contribution < 1.29 is 23.1 Å². The first kappa shape index (κ1) is 22.3. The fraction of sp³-hybridized carbons (Fsp3) is 0.192. The molecule has 174 valence electrons. The number of H-pyrrole nitrogens is 2. The van der Waals surface area contributed by atoms with Gasteiger partial charge in [-0.3, -0.25) is 0 Å². The van der Waals surface area contributed by atoms with Crippen molar-refractivity contribution in [3.63, 3.8) is 0 Å². The number of halogens is 1. The number of fused-ring (bicyclic) bond motifs is 2. The van der Waals surface area contributed by atoms with Gasteiger partial charge >= 0.3 is 5.97 Å². The van der Waals surface area contributed by atoms with Gasteiger partial charge in [0.15, 0.2) is 11.1 Å². The number of hydrogen-bond acceptors (Lipinski definition) is 2. The van der Waals surface area contributed by atoms with E-state index in [0.29, 0.717) is 28.8 Å². The molecule has 5 rings (SSSR count). The standard InChI is InChI=1S/C26H23FN2O4S/c1-13(2)22-23(18-5-3-4-15-8-14(9-19(15)18)12-34(32)33)25(26(30)31)29-24(22)20-10-16(27)11-21-17(20)6-7-28-21/h3-7,9-11,13,28-29H,8,12H2,1-2H3,(H,30,31)(H,32,33). The van der Waals surface area contributed by atoms with E-state index in [1.165, 1.54) is 12.1 Å². The molecule has 0 fully saturated rings. The molecule has 4 N–H and O–H groups in total. The molecule has 1 aliphatic carbocycles. The zero-order chi connectivity index (χ0) is 24.1. The summed E-state index contributed by atoms with van der Waals surface area (Å²) in [6, 6.07) is 10.4. The number of benzene rings is 2. The maximum atomic E-state index is 14.5. The second-order valence-corrected chi connectivity index (χ2v) is 9.77. The molecular formula is C26H23FN2O4S. The summed E-state index contributed by atoms with van der Waals surface area (Å²) in [5.74, 6) is -1.55. The lowest BCUT2D eigenvalue weighted by molar-refractivity contribution is 0.0692. The summed E-state index contributed by atoms with van der Waals surface area (Å²) in [4.78, 5) is 18.5. The number of carboxylic acids is 1. The number of rotatable bonds is 6. The number of aromatic carboxylic acids is 1. The van der Waals surface area contributed by atoms with Gasteiger partial charge < -0.3 is 19.6 Å². The van der Waals surface area contributed by atoms with Gasteiger partial charge in [-0.25, -0.2) is 13.4 Å². The highest BCUT2D eigenvalue weighted by Crippen LogP contribution is 2.45. The highest BCUT2D eigenvalue weighted by molar-refractivity contribution is 7.79. The lowest BCUT2D eigenvalue weighted by Gasteiger charge is -2.15. The summed E-state index contributed by atoms with van der Waals surface area (Å²) >= 11 is -1.96. The number of carbonyl (C=O) groups is 1. The molecule has 4 aromatic rings. The van der Waals surface area contributed by atoms with Gasteiger partial charge in [-0.15, -0.1) is 0 Å². The van der Waals surface area contributed by atoms with Crippen molar-refractivity contribution in [2.45, 2.75) is 26.2 Å². The molecule has 8 heteroatoms. The third-order valence-corrected chi connectivity index (χ3v) is 6.89. The average molecular weight is 479 g/mol. The summed E-state index contributed by atoms with van der Waals surface area (Å²) in [6.45, 7) is 3.96. The van der Waals surface area contributed by atoms with Crippen LogP contribution in [-0.2, 0) is 17.5 Å². The first-order valence-corrected chi connectivity index (χ1v) is 12.2. The Morgan fingerprint density at radius 3 is 2.71 bits per heavy atom. The van der Waals surface area contributed by atoms with Crippen molar-refractivity contribution in [3.8, 4) is 22.4 Å². The van der Waals surface area contributed by atoms with Crippen LogP contribution in [0.5, 0.6) is 0 Å². The predicted molar refractivity (Wildman–Crippen MR) is 132 cm³/mol. The summed E-state index contributed by atoms with van der Waals surface area (Å²) < 4.78 is 35.2. The lowest BCUT2D eigenvalue weighted by Crippen LogP contribution is -2.01. The van der Waals surface area contributed by atoms with Crippen molar-refractivity contribution >= 4 is 34.0 Å². The predicted octanol–water partition coefficient (Wildman–Crippen LogP) is 5.95. The number of hydrogen-bond donors (Lipinski definition) is 4. The SMILES string of the molecule is CC(C)c1c(-c2cc(F)cc3[nH]ccc23)[nH]c(C(=O)O)c1-c1cccc2c1C=C(CS(=O)O)C2. The monoisotopic (exact) mass is 478 g/mol. The van der Waals surface area contributed by atoms with E-state index in [0.717, 1.165) is 33.2 Å². The molecule has 0 saturated heterocycles. The number of nitrogens with one attached hydrogen (secondary N) is 2. The maximum Gasteiger partial charge on any atom is 0.352 e. The zero-order valence-corrected chi connectivity index (χ0v) is 19.4. The summed E-state index contributed by atoms with van der Waals surface area (Å²) in [7, 11) is 0. The minimum absolute atomic E-state index is 0.0348. The molecule has 0 aliphatic heterocycles. The Morgan fingerprint density at radius 1 is 1.21 bits per heavy atom. The van der Waals surface area contributed by atoms with Gasteiger partial charge in [0.2, 0.25) is 0 Å². The molecule has 0 radical (unpaired) electrons. The van der Waals surface area contributed by atoms with Crippen LogP contribution >= 0.6 is 0 Å². The van der Waals surface area contributed by atoms with Crippen LogP contribution in [0.25, 0.3) is 39.4 Å². The smallest absolute Gasteiger partial charge is 0.352 e.